The molecule has 120 valence electrons. The van der Waals surface area contributed by atoms with E-state index in [0.717, 1.165) is 36.4 Å². The molecule has 1 aromatic heterocycles. The average molecular weight is 312 g/mol. The molecule has 2 aliphatic rings. The lowest BCUT2D eigenvalue weighted by Gasteiger charge is -2.33. The number of ketones is 1. The summed E-state index contributed by atoms with van der Waals surface area (Å²) < 4.78 is 10.8. The zero-order valence-electron chi connectivity index (χ0n) is 13.2. The smallest absolute Gasteiger partial charge is 0.226 e. The molecule has 2 bridgehead atoms. The zero-order chi connectivity index (χ0) is 15.8. The highest BCUT2D eigenvalue weighted by atomic mass is 16.5. The molecule has 5 nitrogen and oxygen atoms in total. The molecule has 2 aromatic rings. The summed E-state index contributed by atoms with van der Waals surface area (Å²) >= 11 is 0. The summed E-state index contributed by atoms with van der Waals surface area (Å²) in [5, 5.41) is 0. The van der Waals surface area contributed by atoms with Gasteiger partial charge in [0.1, 0.15) is 17.8 Å². The predicted octanol–water partition coefficient (Wildman–Crippen LogP) is 3.05. The molecule has 0 spiro atoms. The maximum Gasteiger partial charge on any atom is 0.226 e. The summed E-state index contributed by atoms with van der Waals surface area (Å²) in [5.74, 6) is 1.85. The van der Waals surface area contributed by atoms with Crippen molar-refractivity contribution in [3.63, 3.8) is 0 Å². The van der Waals surface area contributed by atoms with Crippen LogP contribution in [0.2, 0.25) is 0 Å². The van der Waals surface area contributed by atoms with Crippen LogP contribution >= 0.6 is 0 Å². The summed E-state index contributed by atoms with van der Waals surface area (Å²) in [6.07, 6.45) is 5.37. The van der Waals surface area contributed by atoms with Crippen LogP contribution in [0, 0.1) is 0 Å². The van der Waals surface area contributed by atoms with Crippen LogP contribution in [0.15, 0.2) is 34.9 Å². The molecule has 1 aromatic carbocycles. The van der Waals surface area contributed by atoms with Crippen LogP contribution in [-0.2, 0) is 11.3 Å². The summed E-state index contributed by atoms with van der Waals surface area (Å²) in [7, 11) is 1.65. The average Bonchev–Trinajstić information content (AvgIpc) is 3.12. The fourth-order valence-electron chi connectivity index (χ4n) is 3.75. The number of oxazole rings is 1. The van der Waals surface area contributed by atoms with Gasteiger partial charge in [0.25, 0.3) is 0 Å². The number of carbonyl (C=O) groups is 1. The third-order valence-corrected chi connectivity index (χ3v) is 4.93. The molecule has 2 saturated heterocycles. The first-order valence-electron chi connectivity index (χ1n) is 8.09. The molecule has 2 unspecified atom stereocenters. The van der Waals surface area contributed by atoms with Gasteiger partial charge in [0.05, 0.1) is 12.8 Å². The molecule has 2 aliphatic heterocycles. The SMILES string of the molecule is COc1ccc(-c2nc(CN3C4CCC3CC(=O)C4)co2)cc1. The van der Waals surface area contributed by atoms with E-state index < -0.39 is 0 Å². The number of methoxy groups -OCH3 is 1. The van der Waals surface area contributed by atoms with Crippen molar-refractivity contribution in [2.75, 3.05) is 7.11 Å². The number of nitrogens with zero attached hydrogens (tertiary/aromatic N) is 2. The predicted molar refractivity (Wildman–Crippen MR) is 85.1 cm³/mol. The van der Waals surface area contributed by atoms with E-state index in [1.165, 1.54) is 0 Å². The molecule has 2 fully saturated rings. The lowest BCUT2D eigenvalue weighted by atomic mass is 10.0. The van der Waals surface area contributed by atoms with E-state index in [9.17, 15) is 4.79 Å². The van der Waals surface area contributed by atoms with Crippen molar-refractivity contribution >= 4 is 5.78 Å². The van der Waals surface area contributed by atoms with Crippen LogP contribution in [0.25, 0.3) is 11.5 Å². The van der Waals surface area contributed by atoms with Crippen LogP contribution < -0.4 is 4.74 Å². The number of hydrogen-bond acceptors (Lipinski definition) is 5. The largest absolute Gasteiger partial charge is 0.497 e. The number of hydrogen-bond donors (Lipinski definition) is 0. The number of rotatable bonds is 4. The first kappa shape index (κ1) is 14.5. The minimum absolute atomic E-state index is 0.391. The van der Waals surface area contributed by atoms with Crippen LogP contribution in [0.3, 0.4) is 0 Å². The first-order chi connectivity index (χ1) is 11.2. The van der Waals surface area contributed by atoms with Crippen LogP contribution in [-0.4, -0.2) is 34.9 Å². The highest BCUT2D eigenvalue weighted by Gasteiger charge is 2.40. The molecule has 3 heterocycles. The molecule has 0 N–H and O–H groups in total. The molecule has 0 aliphatic carbocycles. The quantitative estimate of drug-likeness (QED) is 0.868. The van der Waals surface area contributed by atoms with Gasteiger partial charge in [0.15, 0.2) is 0 Å². The van der Waals surface area contributed by atoms with Crippen LogP contribution in [0.5, 0.6) is 5.75 Å². The summed E-state index contributed by atoms with van der Waals surface area (Å²) in [6.45, 7) is 0.766. The third kappa shape index (κ3) is 2.77. The second-order valence-electron chi connectivity index (χ2n) is 6.38. The minimum Gasteiger partial charge on any atom is -0.497 e. The van der Waals surface area contributed by atoms with E-state index in [0.29, 0.717) is 36.6 Å². The zero-order valence-corrected chi connectivity index (χ0v) is 13.2. The Morgan fingerprint density at radius 1 is 1.22 bits per heavy atom. The van der Waals surface area contributed by atoms with E-state index in [1.54, 1.807) is 13.4 Å². The molecular weight excluding hydrogens is 292 g/mol. The number of piperidine rings is 1. The van der Waals surface area contributed by atoms with E-state index >= 15 is 0 Å². The Bertz CT molecular complexity index is 691. The second kappa shape index (κ2) is 5.81. The second-order valence-corrected chi connectivity index (χ2v) is 6.38. The van der Waals surface area contributed by atoms with Gasteiger partial charge >= 0.3 is 0 Å². The van der Waals surface area contributed by atoms with E-state index in [4.69, 9.17) is 9.15 Å². The summed E-state index contributed by atoms with van der Waals surface area (Å²) in [4.78, 5) is 18.7. The maximum absolute atomic E-state index is 11.7. The highest BCUT2D eigenvalue weighted by molar-refractivity contribution is 5.80. The first-order valence-corrected chi connectivity index (χ1v) is 8.09. The van der Waals surface area contributed by atoms with Crippen molar-refractivity contribution in [3.05, 3.63) is 36.2 Å². The van der Waals surface area contributed by atoms with Gasteiger partial charge in [-0.1, -0.05) is 0 Å². The maximum atomic E-state index is 11.7. The van der Waals surface area contributed by atoms with Gasteiger partial charge in [0, 0.05) is 37.0 Å². The standard InChI is InChI=1S/C18H20N2O3/c1-22-17-6-2-12(3-7-17)18-19-13(11-23-18)10-20-14-4-5-15(20)9-16(21)8-14/h2-3,6-7,11,14-15H,4-5,8-10H2,1H3. The molecule has 0 saturated carbocycles. The lowest BCUT2D eigenvalue weighted by Crippen LogP contribution is -2.42. The van der Waals surface area contributed by atoms with Crippen molar-refractivity contribution < 1.29 is 13.9 Å². The molecule has 23 heavy (non-hydrogen) atoms. The Kier molecular flexibility index (Phi) is 3.65. The van der Waals surface area contributed by atoms with Crippen molar-refractivity contribution in [2.45, 2.75) is 44.3 Å². The number of benzene rings is 1. The monoisotopic (exact) mass is 312 g/mol. The van der Waals surface area contributed by atoms with Gasteiger partial charge in [-0.05, 0) is 37.1 Å². The minimum atomic E-state index is 0.391. The highest BCUT2D eigenvalue weighted by Crippen LogP contribution is 2.35. The Hall–Kier alpha value is -2.14. The normalized spacial score (nSPS) is 24.1. The van der Waals surface area contributed by atoms with Crippen LogP contribution in [0.4, 0.5) is 0 Å². The Morgan fingerprint density at radius 2 is 1.91 bits per heavy atom. The molecule has 0 radical (unpaired) electrons. The van der Waals surface area contributed by atoms with E-state index in [1.807, 2.05) is 24.3 Å². The van der Waals surface area contributed by atoms with Gasteiger partial charge in [0.2, 0.25) is 5.89 Å². The Labute approximate surface area is 135 Å². The molecule has 0 amide bonds. The number of Topliss-reactive ketones (excluding diaryl/α,β-unsaturated/α-hetero) is 1. The van der Waals surface area contributed by atoms with Gasteiger partial charge in [-0.3, -0.25) is 9.69 Å². The topological polar surface area (TPSA) is 55.6 Å². The molecule has 5 heteroatoms. The van der Waals surface area contributed by atoms with Crippen LogP contribution in [0.1, 0.15) is 31.4 Å². The van der Waals surface area contributed by atoms with Gasteiger partial charge in [-0.25, -0.2) is 4.98 Å². The van der Waals surface area contributed by atoms with E-state index in [-0.39, 0.29) is 0 Å². The lowest BCUT2D eigenvalue weighted by molar-refractivity contribution is -0.123. The molecular formula is C18H20N2O3. The van der Waals surface area contributed by atoms with Crippen molar-refractivity contribution in [2.24, 2.45) is 0 Å². The summed E-state index contributed by atoms with van der Waals surface area (Å²) in [5.41, 5.74) is 1.87. The fourth-order valence-corrected chi connectivity index (χ4v) is 3.75. The van der Waals surface area contributed by atoms with Crippen molar-refractivity contribution in [1.29, 1.82) is 0 Å². The fraction of sp³-hybridized carbons (Fsp3) is 0.444. The Balaban J connectivity index is 1.49. The Morgan fingerprint density at radius 3 is 2.57 bits per heavy atom. The van der Waals surface area contributed by atoms with E-state index in [2.05, 4.69) is 9.88 Å². The number of carbonyl (C=O) groups excluding carboxylic acids is 1. The van der Waals surface area contributed by atoms with Crippen molar-refractivity contribution in [3.8, 4) is 17.2 Å². The summed E-state index contributed by atoms with van der Waals surface area (Å²) in [6, 6.07) is 8.46. The third-order valence-electron chi connectivity index (χ3n) is 4.93. The number of fused-ring (bicyclic) bond motifs is 2. The van der Waals surface area contributed by atoms with Crippen molar-refractivity contribution in [1.82, 2.24) is 9.88 Å². The number of ether oxygens (including phenoxy) is 1. The van der Waals surface area contributed by atoms with Gasteiger partial charge < -0.3 is 9.15 Å². The molecule has 2 atom stereocenters. The van der Waals surface area contributed by atoms with Gasteiger partial charge in [-0.2, -0.15) is 0 Å². The molecule has 4 rings (SSSR count). The van der Waals surface area contributed by atoms with Gasteiger partial charge in [-0.15, -0.1) is 0 Å². The number of aromatic nitrogens is 1.